The molecule has 0 aliphatic carbocycles. The molecule has 0 aliphatic rings. The summed E-state index contributed by atoms with van der Waals surface area (Å²) >= 11 is 0. The predicted octanol–water partition coefficient (Wildman–Crippen LogP) is 4.08. The van der Waals surface area contributed by atoms with Crippen LogP contribution in [0.2, 0.25) is 18.1 Å². The lowest BCUT2D eigenvalue weighted by Crippen LogP contribution is -2.61. The van der Waals surface area contributed by atoms with Crippen LogP contribution in [0.5, 0.6) is 0 Å². The van der Waals surface area contributed by atoms with Crippen LogP contribution in [0.4, 0.5) is 4.79 Å². The summed E-state index contributed by atoms with van der Waals surface area (Å²) in [5.41, 5.74) is -0.336. The molecule has 0 bridgehead atoms. The molecule has 27 heavy (non-hydrogen) atoms. The first-order chi connectivity index (χ1) is 12.3. The highest BCUT2D eigenvalue weighted by atomic mass is 28.4. The van der Waals surface area contributed by atoms with Crippen LogP contribution < -0.4 is 5.32 Å². The van der Waals surface area contributed by atoms with Gasteiger partial charge in [-0.1, -0.05) is 57.0 Å². The second kappa shape index (κ2) is 8.92. The fourth-order valence-corrected chi connectivity index (χ4v) is 3.77. The maximum absolute atomic E-state index is 12.3. The lowest BCUT2D eigenvalue weighted by Gasteiger charge is -2.44. The SMILES string of the molecule is C#C[C@](C)(NC(=O)OCc1ccccc1)[C@H](O[Si](C)(C)C(C)(C)C)[C@H](C)O. The summed E-state index contributed by atoms with van der Waals surface area (Å²) < 4.78 is 11.6. The molecule has 5 nitrogen and oxygen atoms in total. The standard InChI is InChI=1S/C21H33NO4Si/c1-9-21(6,18(16(2)23)26-27(7,8)20(3,4)5)22-19(24)25-15-17-13-11-10-12-14-17/h1,10-14,16,18,23H,15H2,2-8H3,(H,22,24)/t16-,18+,21-/m0/s1. The lowest BCUT2D eigenvalue weighted by atomic mass is 9.92. The van der Waals surface area contributed by atoms with Gasteiger partial charge in [0.25, 0.3) is 0 Å². The molecule has 0 radical (unpaired) electrons. The first kappa shape index (κ1) is 23.2. The number of benzene rings is 1. The van der Waals surface area contributed by atoms with E-state index < -0.39 is 32.2 Å². The number of carbonyl (C=O) groups is 1. The minimum atomic E-state index is -2.23. The first-order valence-electron chi connectivity index (χ1n) is 9.15. The number of rotatable bonds is 7. The molecule has 0 heterocycles. The molecular weight excluding hydrogens is 358 g/mol. The quantitative estimate of drug-likeness (QED) is 0.543. The van der Waals surface area contributed by atoms with Crippen LogP contribution >= 0.6 is 0 Å². The van der Waals surface area contributed by atoms with Crippen LogP contribution in [0.1, 0.15) is 40.2 Å². The van der Waals surface area contributed by atoms with Gasteiger partial charge >= 0.3 is 6.09 Å². The van der Waals surface area contributed by atoms with E-state index >= 15 is 0 Å². The summed E-state index contributed by atoms with van der Waals surface area (Å²) in [5, 5.41) is 13.0. The normalized spacial score (nSPS) is 16.6. The topological polar surface area (TPSA) is 67.8 Å². The lowest BCUT2D eigenvalue weighted by molar-refractivity contribution is -0.000602. The fourth-order valence-electron chi connectivity index (χ4n) is 2.35. The maximum atomic E-state index is 12.3. The van der Waals surface area contributed by atoms with Crippen molar-refractivity contribution in [1.29, 1.82) is 0 Å². The van der Waals surface area contributed by atoms with Gasteiger partial charge in [-0.2, -0.15) is 0 Å². The van der Waals surface area contributed by atoms with E-state index in [1.165, 1.54) is 0 Å². The van der Waals surface area contributed by atoms with Crippen molar-refractivity contribution >= 4 is 14.4 Å². The molecule has 2 N–H and O–H groups in total. The Hall–Kier alpha value is -1.81. The van der Waals surface area contributed by atoms with E-state index in [0.717, 1.165) is 5.56 Å². The fraction of sp³-hybridized carbons (Fsp3) is 0.571. The van der Waals surface area contributed by atoms with E-state index in [9.17, 15) is 9.90 Å². The number of amides is 1. The van der Waals surface area contributed by atoms with E-state index in [1.54, 1.807) is 13.8 Å². The third-order valence-electron chi connectivity index (χ3n) is 5.11. The Bertz CT molecular complexity index is 661. The molecule has 6 heteroatoms. The van der Waals surface area contributed by atoms with Crippen molar-refractivity contribution in [1.82, 2.24) is 5.32 Å². The third kappa shape index (κ3) is 6.38. The molecule has 3 atom stereocenters. The molecule has 0 fully saturated rings. The zero-order valence-electron chi connectivity index (χ0n) is 17.5. The molecule has 0 aliphatic heterocycles. The van der Waals surface area contributed by atoms with Crippen LogP contribution in [-0.2, 0) is 15.8 Å². The third-order valence-corrected chi connectivity index (χ3v) is 9.56. The Morgan fingerprint density at radius 1 is 1.26 bits per heavy atom. The molecular formula is C21H33NO4Si. The molecule has 0 saturated carbocycles. The number of hydrogen-bond donors (Lipinski definition) is 2. The summed E-state index contributed by atoms with van der Waals surface area (Å²) in [4.78, 5) is 12.3. The van der Waals surface area contributed by atoms with Gasteiger partial charge in [0.05, 0.1) is 6.10 Å². The first-order valence-corrected chi connectivity index (χ1v) is 12.1. The van der Waals surface area contributed by atoms with Crippen LogP contribution in [0.3, 0.4) is 0 Å². The largest absolute Gasteiger partial charge is 0.445 e. The van der Waals surface area contributed by atoms with E-state index in [0.29, 0.717) is 0 Å². The monoisotopic (exact) mass is 391 g/mol. The van der Waals surface area contributed by atoms with Crippen molar-refractivity contribution in [2.24, 2.45) is 0 Å². The minimum Gasteiger partial charge on any atom is -0.445 e. The van der Waals surface area contributed by atoms with Gasteiger partial charge in [-0.3, -0.25) is 0 Å². The van der Waals surface area contributed by atoms with Gasteiger partial charge in [-0.25, -0.2) is 4.79 Å². The highest BCUT2D eigenvalue weighted by molar-refractivity contribution is 6.74. The van der Waals surface area contributed by atoms with Gasteiger partial charge in [-0.15, -0.1) is 6.42 Å². The van der Waals surface area contributed by atoms with Gasteiger partial charge in [0, 0.05) is 0 Å². The van der Waals surface area contributed by atoms with Crippen molar-refractivity contribution < 1.29 is 19.1 Å². The zero-order valence-corrected chi connectivity index (χ0v) is 18.5. The summed E-state index contributed by atoms with van der Waals surface area (Å²) in [6.07, 6.45) is 3.46. The molecule has 0 saturated heterocycles. The van der Waals surface area contributed by atoms with Gasteiger partial charge in [-0.05, 0) is 37.5 Å². The van der Waals surface area contributed by atoms with Gasteiger partial charge in [0.2, 0.25) is 0 Å². The van der Waals surface area contributed by atoms with Crippen molar-refractivity contribution in [2.75, 3.05) is 0 Å². The number of terminal acetylenes is 1. The Balaban J connectivity index is 2.91. The van der Waals surface area contributed by atoms with Crippen molar-refractivity contribution in [3.05, 3.63) is 35.9 Å². The summed E-state index contributed by atoms with van der Waals surface area (Å²) in [5.74, 6) is 2.59. The van der Waals surface area contributed by atoms with E-state index in [-0.39, 0.29) is 11.6 Å². The summed E-state index contributed by atoms with van der Waals surface area (Å²) in [6.45, 7) is 13.9. The summed E-state index contributed by atoms with van der Waals surface area (Å²) in [7, 11) is -2.23. The highest BCUT2D eigenvalue weighted by Crippen LogP contribution is 2.39. The Morgan fingerprint density at radius 2 is 1.81 bits per heavy atom. The number of hydrogen-bond acceptors (Lipinski definition) is 4. The van der Waals surface area contributed by atoms with Crippen LogP contribution in [0.25, 0.3) is 0 Å². The molecule has 1 aromatic rings. The smallest absolute Gasteiger partial charge is 0.408 e. The van der Waals surface area contributed by atoms with E-state index in [4.69, 9.17) is 15.6 Å². The Labute approximate surface area is 164 Å². The molecule has 0 unspecified atom stereocenters. The van der Waals surface area contributed by atoms with Crippen LogP contribution in [0, 0.1) is 12.3 Å². The molecule has 1 aromatic carbocycles. The minimum absolute atomic E-state index is 0.0660. The van der Waals surface area contributed by atoms with Crippen molar-refractivity contribution in [3.63, 3.8) is 0 Å². The van der Waals surface area contributed by atoms with E-state index in [1.807, 2.05) is 30.3 Å². The van der Waals surface area contributed by atoms with Gasteiger partial charge in [0.1, 0.15) is 18.2 Å². The molecule has 1 rings (SSSR count). The Morgan fingerprint density at radius 3 is 2.26 bits per heavy atom. The van der Waals surface area contributed by atoms with Gasteiger partial charge in [0.15, 0.2) is 8.32 Å². The van der Waals surface area contributed by atoms with E-state index in [2.05, 4.69) is 45.1 Å². The van der Waals surface area contributed by atoms with Gasteiger partial charge < -0.3 is 19.6 Å². The number of aliphatic hydroxyl groups excluding tert-OH is 1. The second-order valence-corrected chi connectivity index (χ2v) is 13.3. The maximum Gasteiger partial charge on any atom is 0.408 e. The molecule has 1 amide bonds. The number of aliphatic hydroxyl groups is 1. The summed E-state index contributed by atoms with van der Waals surface area (Å²) in [6, 6.07) is 9.38. The number of carbonyl (C=O) groups excluding carboxylic acids is 1. The van der Waals surface area contributed by atoms with Crippen molar-refractivity contribution in [2.45, 2.75) is 77.1 Å². The number of alkyl carbamates (subject to hydrolysis) is 1. The number of ether oxygens (including phenoxy) is 1. The van der Waals surface area contributed by atoms with Crippen LogP contribution in [0.15, 0.2) is 30.3 Å². The van der Waals surface area contributed by atoms with Crippen molar-refractivity contribution in [3.8, 4) is 12.3 Å². The van der Waals surface area contributed by atoms with Crippen LogP contribution in [-0.4, -0.2) is 37.3 Å². The highest BCUT2D eigenvalue weighted by Gasteiger charge is 2.46. The second-order valence-electron chi connectivity index (χ2n) is 8.57. The Kier molecular flexibility index (Phi) is 7.67. The average Bonchev–Trinajstić information content (AvgIpc) is 2.57. The molecule has 0 spiro atoms. The predicted molar refractivity (Wildman–Crippen MR) is 111 cm³/mol. The molecule has 150 valence electrons. The zero-order chi connectivity index (χ0) is 20.9. The average molecular weight is 392 g/mol. The number of nitrogens with one attached hydrogen (secondary N) is 1. The molecule has 0 aromatic heterocycles.